The number of nitrogens with one attached hydrogen (secondary N) is 2. The fourth-order valence-electron chi connectivity index (χ4n) is 4.95. The highest BCUT2D eigenvalue weighted by Crippen LogP contribution is 2.40. The maximum atomic E-state index is 12.5. The minimum Gasteiger partial charge on any atom is -0.444 e. The highest BCUT2D eigenvalue weighted by atomic mass is 28.4. The van der Waals surface area contributed by atoms with E-state index in [2.05, 4.69) is 87.0 Å². The van der Waals surface area contributed by atoms with Gasteiger partial charge >= 0.3 is 12.2 Å². The minimum absolute atomic E-state index is 0.136. The van der Waals surface area contributed by atoms with Crippen LogP contribution >= 0.6 is 0 Å². The summed E-state index contributed by atoms with van der Waals surface area (Å²) < 4.78 is 17.5. The summed E-state index contributed by atoms with van der Waals surface area (Å²) in [5.41, 5.74) is 1.84. The largest absolute Gasteiger partial charge is 0.444 e. The fourth-order valence-corrected chi connectivity index (χ4v) is 5.91. The Morgan fingerprint density at radius 3 is 1.51 bits per heavy atom. The molecule has 0 bridgehead atoms. The Hall–Kier alpha value is -3.36. The number of hydrogen-bond acceptors (Lipinski definition) is 5. The highest BCUT2D eigenvalue weighted by Gasteiger charge is 2.37. The molecule has 4 rings (SSSR count). The molecule has 0 unspecified atom stereocenters. The number of alkyl carbamates (subject to hydrolysis) is 2. The molecule has 43 heavy (non-hydrogen) atoms. The van der Waals surface area contributed by atoms with Gasteiger partial charge in [0.2, 0.25) is 0 Å². The van der Waals surface area contributed by atoms with Crippen LogP contribution < -0.4 is 10.6 Å². The summed E-state index contributed by atoms with van der Waals surface area (Å²) in [6.45, 7) is 23.5. The first-order chi connectivity index (χ1) is 19.7. The van der Waals surface area contributed by atoms with Crippen molar-refractivity contribution in [2.75, 3.05) is 0 Å². The van der Waals surface area contributed by atoms with Crippen LogP contribution in [0.3, 0.4) is 0 Å². The van der Waals surface area contributed by atoms with Gasteiger partial charge < -0.3 is 24.5 Å². The van der Waals surface area contributed by atoms with Gasteiger partial charge in [-0.25, -0.2) is 9.59 Å². The number of carbonyl (C=O) groups excluding carboxylic acids is 2. The van der Waals surface area contributed by atoms with Crippen molar-refractivity contribution < 1.29 is 23.5 Å². The first-order valence-electron chi connectivity index (χ1n) is 15.0. The predicted molar refractivity (Wildman–Crippen MR) is 178 cm³/mol. The molecule has 4 aromatic rings. The highest BCUT2D eigenvalue weighted by molar-refractivity contribution is 6.74. The van der Waals surface area contributed by atoms with Gasteiger partial charge in [-0.15, -0.1) is 0 Å². The number of ether oxygens (including phenoxy) is 2. The second-order valence-corrected chi connectivity index (χ2v) is 19.8. The number of rotatable bonds is 7. The van der Waals surface area contributed by atoms with E-state index in [1.54, 1.807) is 0 Å². The third kappa shape index (κ3) is 7.78. The third-order valence-electron chi connectivity index (χ3n) is 8.00. The van der Waals surface area contributed by atoms with Gasteiger partial charge in [-0.1, -0.05) is 51.1 Å². The second-order valence-electron chi connectivity index (χ2n) is 15.0. The molecule has 7 nitrogen and oxygen atoms in total. The van der Waals surface area contributed by atoms with E-state index in [-0.39, 0.29) is 18.1 Å². The first kappa shape index (κ1) is 32.5. The van der Waals surface area contributed by atoms with E-state index in [0.29, 0.717) is 6.61 Å². The Morgan fingerprint density at radius 1 is 0.674 bits per heavy atom. The zero-order chi connectivity index (χ0) is 32.0. The minimum atomic E-state index is -1.90. The van der Waals surface area contributed by atoms with Crippen LogP contribution in [0, 0.1) is 0 Å². The van der Waals surface area contributed by atoms with Crippen LogP contribution in [-0.4, -0.2) is 31.7 Å². The number of hydrogen-bond donors (Lipinski definition) is 2. The topological polar surface area (TPSA) is 85.9 Å². The Morgan fingerprint density at radius 2 is 1.12 bits per heavy atom. The maximum absolute atomic E-state index is 12.5. The third-order valence-corrected chi connectivity index (χ3v) is 12.5. The summed E-state index contributed by atoms with van der Waals surface area (Å²) in [4.78, 5) is 25.1. The van der Waals surface area contributed by atoms with Crippen LogP contribution in [-0.2, 0) is 33.6 Å². The maximum Gasteiger partial charge on any atom is 0.407 e. The van der Waals surface area contributed by atoms with E-state index in [1.165, 1.54) is 0 Å². The van der Waals surface area contributed by atoms with Gasteiger partial charge in [0.05, 0.1) is 6.61 Å². The van der Waals surface area contributed by atoms with Gasteiger partial charge in [-0.05, 0) is 121 Å². The van der Waals surface area contributed by atoms with Crippen molar-refractivity contribution in [1.29, 1.82) is 0 Å². The molecular weight excluding hydrogens is 556 g/mol. The van der Waals surface area contributed by atoms with Crippen LogP contribution in [0.1, 0.15) is 79.0 Å². The monoisotopic (exact) mass is 604 g/mol. The summed E-state index contributed by atoms with van der Waals surface area (Å²) in [7, 11) is -1.90. The quantitative estimate of drug-likeness (QED) is 0.162. The molecule has 232 valence electrons. The molecule has 0 aliphatic heterocycles. The van der Waals surface area contributed by atoms with Crippen molar-refractivity contribution in [3.05, 3.63) is 59.2 Å². The van der Waals surface area contributed by atoms with Crippen molar-refractivity contribution in [1.82, 2.24) is 10.6 Å². The van der Waals surface area contributed by atoms with E-state index in [1.807, 2.05) is 41.5 Å². The molecule has 0 saturated heterocycles. The Bertz CT molecular complexity index is 1540. The lowest BCUT2D eigenvalue weighted by atomic mass is 9.88. The average Bonchev–Trinajstić information content (AvgIpc) is 2.85. The SMILES string of the molecule is CC(C)(C)OC(=O)NCc1cc(CNC(=O)OC(C)(C)C)c2ccc3cc(CO[Si](C)(C)C(C)(C)C)cc4ccc1c2c43. The molecule has 2 N–H and O–H groups in total. The van der Waals surface area contributed by atoms with Gasteiger partial charge in [0.1, 0.15) is 11.2 Å². The Balaban J connectivity index is 1.77. The van der Waals surface area contributed by atoms with Gasteiger partial charge in [-0.2, -0.15) is 0 Å². The molecule has 0 radical (unpaired) electrons. The Labute approximate surface area is 257 Å². The summed E-state index contributed by atoms with van der Waals surface area (Å²) in [5.74, 6) is 0. The fraction of sp³-hybridized carbons (Fsp3) is 0.486. The molecule has 0 saturated carbocycles. The first-order valence-corrected chi connectivity index (χ1v) is 17.9. The molecule has 0 fully saturated rings. The predicted octanol–water partition coefficient (Wildman–Crippen LogP) is 9.16. The molecule has 0 aliphatic rings. The zero-order valence-electron chi connectivity index (χ0n) is 27.7. The van der Waals surface area contributed by atoms with Crippen LogP contribution in [0.5, 0.6) is 0 Å². The van der Waals surface area contributed by atoms with Crippen LogP contribution in [0.15, 0.2) is 42.5 Å². The standard InChI is InChI=1S/C35H48N2O5Si/c1-33(2,3)41-31(38)36-19-25-18-26(20-37-32(39)42-34(4,5)6)28-15-13-24-17-22(21-40-43(10,11)35(7,8)9)16-23-12-14-27(25)30(28)29(23)24/h12-18H,19-21H2,1-11H3,(H,36,38)(H,37,39). The summed E-state index contributed by atoms with van der Waals surface area (Å²) in [6, 6.07) is 15.0. The molecule has 8 heteroatoms. The van der Waals surface area contributed by atoms with Crippen LogP contribution in [0.2, 0.25) is 18.1 Å². The van der Waals surface area contributed by atoms with E-state index in [4.69, 9.17) is 13.9 Å². The summed E-state index contributed by atoms with van der Waals surface area (Å²) >= 11 is 0. The second kappa shape index (κ2) is 11.6. The lowest BCUT2D eigenvalue weighted by Gasteiger charge is -2.36. The van der Waals surface area contributed by atoms with Gasteiger partial charge in [0, 0.05) is 13.1 Å². The van der Waals surface area contributed by atoms with Crippen LogP contribution in [0.4, 0.5) is 9.59 Å². The van der Waals surface area contributed by atoms with Crippen molar-refractivity contribution in [3.63, 3.8) is 0 Å². The summed E-state index contributed by atoms with van der Waals surface area (Å²) in [6.07, 6.45) is -0.948. The number of amides is 2. The lowest BCUT2D eigenvalue weighted by molar-refractivity contribution is 0.0513. The molecule has 0 atom stereocenters. The van der Waals surface area contributed by atoms with Gasteiger partial charge in [0.25, 0.3) is 0 Å². The van der Waals surface area contributed by atoms with E-state index >= 15 is 0 Å². The van der Waals surface area contributed by atoms with Gasteiger partial charge in [0.15, 0.2) is 8.32 Å². The van der Waals surface area contributed by atoms with Crippen molar-refractivity contribution in [2.45, 2.75) is 111 Å². The normalized spacial score (nSPS) is 13.1. The molecular formula is C35H48N2O5Si. The number of benzene rings is 4. The Kier molecular flexibility index (Phi) is 8.79. The van der Waals surface area contributed by atoms with Crippen molar-refractivity contribution in [2.24, 2.45) is 0 Å². The molecule has 0 aliphatic carbocycles. The van der Waals surface area contributed by atoms with E-state index in [9.17, 15) is 9.59 Å². The zero-order valence-corrected chi connectivity index (χ0v) is 28.7. The van der Waals surface area contributed by atoms with Gasteiger partial charge in [-0.3, -0.25) is 0 Å². The van der Waals surface area contributed by atoms with E-state index in [0.717, 1.165) is 49.0 Å². The molecule has 2 amide bonds. The smallest absolute Gasteiger partial charge is 0.407 e. The average molecular weight is 605 g/mol. The van der Waals surface area contributed by atoms with Crippen LogP contribution in [0.25, 0.3) is 32.3 Å². The molecule has 0 heterocycles. The molecule has 0 aromatic heterocycles. The number of carbonyl (C=O) groups is 2. The van der Waals surface area contributed by atoms with Crippen molar-refractivity contribution in [3.8, 4) is 0 Å². The molecule has 0 spiro atoms. The van der Waals surface area contributed by atoms with E-state index < -0.39 is 31.7 Å². The summed E-state index contributed by atoms with van der Waals surface area (Å²) in [5, 5.41) is 12.6. The van der Waals surface area contributed by atoms with Crippen molar-refractivity contribution >= 4 is 52.8 Å². The molecule has 4 aromatic carbocycles. The lowest BCUT2D eigenvalue weighted by Crippen LogP contribution is -2.40.